The van der Waals surface area contributed by atoms with Gasteiger partial charge in [0.15, 0.2) is 12.4 Å². The third-order valence-electron chi connectivity index (χ3n) is 2.93. The van der Waals surface area contributed by atoms with E-state index >= 15 is 0 Å². The number of hydrogen-bond acceptors (Lipinski definition) is 5. The van der Waals surface area contributed by atoms with Gasteiger partial charge in [0, 0.05) is 12.6 Å². The average molecular weight is 352 g/mol. The first-order valence-corrected chi connectivity index (χ1v) is 7.18. The smallest absolute Gasteiger partial charge is 0.308 e. The lowest BCUT2D eigenvalue weighted by molar-refractivity contribution is -0.147. The van der Waals surface area contributed by atoms with Gasteiger partial charge < -0.3 is 19.8 Å². The van der Waals surface area contributed by atoms with Crippen LogP contribution in [0.2, 0.25) is 0 Å². The van der Waals surface area contributed by atoms with Crippen LogP contribution in [-0.2, 0) is 14.3 Å². The van der Waals surface area contributed by atoms with Crippen LogP contribution >= 0.6 is 0 Å². The minimum absolute atomic E-state index is 0.0154. The fourth-order valence-electron chi connectivity index (χ4n) is 1.77. The molecule has 0 fully saturated rings. The van der Waals surface area contributed by atoms with Crippen molar-refractivity contribution in [2.45, 2.75) is 6.42 Å². The number of amides is 2. The van der Waals surface area contributed by atoms with Crippen molar-refractivity contribution in [3.63, 3.8) is 0 Å². The van der Waals surface area contributed by atoms with Crippen molar-refractivity contribution in [2.24, 2.45) is 0 Å². The number of esters is 1. The fraction of sp³-hybridized carbons (Fsp3) is 0.188. The number of nitrogens with one attached hydrogen (secondary N) is 2. The number of carbonyl (C=O) groups is 3. The molecule has 132 valence electrons. The molecule has 1 aromatic carbocycles. The van der Waals surface area contributed by atoms with Crippen LogP contribution < -0.4 is 10.6 Å². The van der Waals surface area contributed by atoms with Gasteiger partial charge in [-0.3, -0.25) is 14.4 Å². The predicted octanol–water partition coefficient (Wildman–Crippen LogP) is 1.86. The lowest BCUT2D eigenvalue weighted by atomic mass is 10.3. The summed E-state index contributed by atoms with van der Waals surface area (Å²) in [7, 11) is 0. The molecule has 9 heteroatoms. The van der Waals surface area contributed by atoms with E-state index in [1.54, 1.807) is 6.07 Å². The molecule has 0 aliphatic rings. The van der Waals surface area contributed by atoms with E-state index in [9.17, 15) is 23.2 Å². The molecule has 25 heavy (non-hydrogen) atoms. The molecule has 2 rings (SSSR count). The van der Waals surface area contributed by atoms with Gasteiger partial charge in [0.25, 0.3) is 11.8 Å². The molecule has 1 heterocycles. The zero-order valence-electron chi connectivity index (χ0n) is 12.9. The van der Waals surface area contributed by atoms with Crippen LogP contribution in [0.25, 0.3) is 0 Å². The van der Waals surface area contributed by atoms with Gasteiger partial charge in [-0.25, -0.2) is 8.78 Å². The highest BCUT2D eigenvalue weighted by Gasteiger charge is 2.12. The molecular weight excluding hydrogens is 338 g/mol. The first kappa shape index (κ1) is 18.1. The molecule has 7 nitrogen and oxygen atoms in total. The van der Waals surface area contributed by atoms with E-state index in [4.69, 9.17) is 4.42 Å². The summed E-state index contributed by atoms with van der Waals surface area (Å²) in [6, 6.07) is 5.58. The molecule has 2 N–H and O–H groups in total. The van der Waals surface area contributed by atoms with Crippen molar-refractivity contribution in [1.82, 2.24) is 5.32 Å². The van der Waals surface area contributed by atoms with Crippen LogP contribution in [0.3, 0.4) is 0 Å². The number of halogens is 2. The van der Waals surface area contributed by atoms with Crippen molar-refractivity contribution >= 4 is 23.5 Å². The van der Waals surface area contributed by atoms with Crippen LogP contribution in [-0.4, -0.2) is 30.9 Å². The molecule has 0 radical (unpaired) electrons. The second-order valence-electron chi connectivity index (χ2n) is 4.82. The van der Waals surface area contributed by atoms with Gasteiger partial charge in [0.05, 0.1) is 18.4 Å². The van der Waals surface area contributed by atoms with Gasteiger partial charge in [-0.1, -0.05) is 0 Å². The van der Waals surface area contributed by atoms with Gasteiger partial charge in [-0.15, -0.1) is 0 Å². The standard InChI is InChI=1S/C16H14F2N2O5/c17-10-3-4-11(18)12(8-10)20-14(21)9-25-15(22)5-6-19-16(23)13-2-1-7-24-13/h1-4,7-8H,5-6,9H2,(H,19,23)(H,20,21). The minimum atomic E-state index is -0.822. The monoisotopic (exact) mass is 352 g/mol. The summed E-state index contributed by atoms with van der Waals surface area (Å²) >= 11 is 0. The Morgan fingerprint density at radius 2 is 1.96 bits per heavy atom. The quantitative estimate of drug-likeness (QED) is 0.741. The van der Waals surface area contributed by atoms with E-state index < -0.39 is 36.0 Å². The van der Waals surface area contributed by atoms with Crippen LogP contribution in [0.1, 0.15) is 17.0 Å². The number of benzene rings is 1. The maximum Gasteiger partial charge on any atom is 0.308 e. The normalized spacial score (nSPS) is 10.2. The molecule has 0 spiro atoms. The molecule has 0 unspecified atom stereocenters. The van der Waals surface area contributed by atoms with Gasteiger partial charge in [0.2, 0.25) is 0 Å². The zero-order valence-corrected chi connectivity index (χ0v) is 12.9. The Labute approximate surface area is 141 Å². The maximum atomic E-state index is 13.4. The Bertz CT molecular complexity index is 762. The lowest BCUT2D eigenvalue weighted by Crippen LogP contribution is -2.27. The van der Waals surface area contributed by atoms with E-state index in [1.165, 1.54) is 12.3 Å². The van der Waals surface area contributed by atoms with Crippen LogP contribution in [0, 0.1) is 11.6 Å². The highest BCUT2D eigenvalue weighted by atomic mass is 19.1. The van der Waals surface area contributed by atoms with E-state index in [1.807, 2.05) is 0 Å². The molecule has 2 amide bonds. The Morgan fingerprint density at radius 1 is 1.16 bits per heavy atom. The Morgan fingerprint density at radius 3 is 2.68 bits per heavy atom. The Hall–Kier alpha value is -3.23. The van der Waals surface area contributed by atoms with Gasteiger partial charge >= 0.3 is 5.97 Å². The second-order valence-corrected chi connectivity index (χ2v) is 4.82. The van der Waals surface area contributed by atoms with Gasteiger partial charge in [0.1, 0.15) is 11.6 Å². The van der Waals surface area contributed by atoms with Crippen LogP contribution in [0.5, 0.6) is 0 Å². The van der Waals surface area contributed by atoms with E-state index in [0.717, 1.165) is 18.2 Å². The summed E-state index contributed by atoms with van der Waals surface area (Å²) < 4.78 is 35.9. The number of furan rings is 1. The summed E-state index contributed by atoms with van der Waals surface area (Å²) in [5.41, 5.74) is -0.355. The number of ether oxygens (including phenoxy) is 1. The summed E-state index contributed by atoms with van der Waals surface area (Å²) in [6.07, 6.45) is 1.16. The van der Waals surface area contributed by atoms with Crippen LogP contribution in [0.15, 0.2) is 41.0 Å². The largest absolute Gasteiger partial charge is 0.459 e. The Kier molecular flexibility index (Phi) is 6.21. The topological polar surface area (TPSA) is 97.6 Å². The van der Waals surface area contributed by atoms with E-state index in [2.05, 4.69) is 15.4 Å². The number of anilines is 1. The molecule has 0 saturated heterocycles. The number of hydrogen-bond donors (Lipinski definition) is 2. The predicted molar refractivity (Wildman–Crippen MR) is 81.6 cm³/mol. The average Bonchev–Trinajstić information content (AvgIpc) is 3.11. The summed E-state index contributed by atoms with van der Waals surface area (Å²) in [5, 5.41) is 4.52. The van der Waals surface area contributed by atoms with Crippen molar-refractivity contribution in [2.75, 3.05) is 18.5 Å². The number of carbonyl (C=O) groups excluding carboxylic acids is 3. The van der Waals surface area contributed by atoms with Crippen molar-refractivity contribution < 1.29 is 32.3 Å². The molecule has 2 aromatic rings. The summed E-state index contributed by atoms with van der Waals surface area (Å²) in [5.74, 6) is -3.49. The molecule has 1 aromatic heterocycles. The zero-order chi connectivity index (χ0) is 18.2. The van der Waals surface area contributed by atoms with Gasteiger partial charge in [-0.2, -0.15) is 0 Å². The minimum Gasteiger partial charge on any atom is -0.459 e. The molecule has 0 atom stereocenters. The SMILES string of the molecule is O=C(COC(=O)CCNC(=O)c1ccco1)Nc1cc(F)ccc1F. The summed E-state index contributed by atoms with van der Waals surface area (Å²) in [6.45, 7) is -0.681. The first-order valence-electron chi connectivity index (χ1n) is 7.18. The molecule has 0 aliphatic heterocycles. The van der Waals surface area contributed by atoms with E-state index in [-0.39, 0.29) is 24.4 Å². The maximum absolute atomic E-state index is 13.4. The highest BCUT2D eigenvalue weighted by Crippen LogP contribution is 2.14. The van der Waals surface area contributed by atoms with Crippen molar-refractivity contribution in [3.05, 3.63) is 54.0 Å². The molecular formula is C16H14F2N2O5. The number of rotatable bonds is 7. The third-order valence-corrected chi connectivity index (χ3v) is 2.93. The molecule has 0 saturated carbocycles. The van der Waals surface area contributed by atoms with Crippen LogP contribution in [0.4, 0.5) is 14.5 Å². The van der Waals surface area contributed by atoms with Gasteiger partial charge in [-0.05, 0) is 24.3 Å². The molecule has 0 bridgehead atoms. The highest BCUT2D eigenvalue weighted by molar-refractivity contribution is 5.93. The summed E-state index contributed by atoms with van der Waals surface area (Å²) in [4.78, 5) is 34.6. The Balaban J connectivity index is 1.68. The first-order chi connectivity index (χ1) is 12.0. The van der Waals surface area contributed by atoms with E-state index in [0.29, 0.717) is 0 Å². The van der Waals surface area contributed by atoms with Crippen molar-refractivity contribution in [3.8, 4) is 0 Å². The lowest BCUT2D eigenvalue weighted by Gasteiger charge is -2.08. The third kappa shape index (κ3) is 5.72. The second kappa shape index (κ2) is 8.57. The van der Waals surface area contributed by atoms with Crippen molar-refractivity contribution in [1.29, 1.82) is 0 Å². The molecule has 0 aliphatic carbocycles. The fourth-order valence-corrected chi connectivity index (χ4v) is 1.77.